The zero-order chi connectivity index (χ0) is 25.4. The van der Waals surface area contributed by atoms with Gasteiger partial charge in [0.15, 0.2) is 0 Å². The van der Waals surface area contributed by atoms with Crippen LogP contribution in [-0.4, -0.2) is 46.0 Å². The first-order valence-electron chi connectivity index (χ1n) is 13.0. The Balaban J connectivity index is 1.22. The standard InChI is InChI=1S/C29H28BN7/c31-17-25-28(23-7-6-22-8-9-26(34-27(22)16-23)21-4-2-1-3-5-21)35-37(29(25)33)24-14-20(15-24)18-36-12-10-30(19-32)11-13-36/h1-9,16,20,24H,10-15,18,33H2. The molecule has 1 aliphatic carbocycles. The third-order valence-corrected chi connectivity index (χ3v) is 7.94. The van der Waals surface area contributed by atoms with Crippen molar-refractivity contribution in [3.05, 3.63) is 66.2 Å². The summed E-state index contributed by atoms with van der Waals surface area (Å²) >= 11 is 0. The molecule has 1 aliphatic heterocycles. The number of nitrogen functional groups attached to an aromatic ring is 1. The summed E-state index contributed by atoms with van der Waals surface area (Å²) in [5, 5.41) is 25.0. The summed E-state index contributed by atoms with van der Waals surface area (Å²) in [4.78, 5) is 7.37. The zero-order valence-corrected chi connectivity index (χ0v) is 20.7. The van der Waals surface area contributed by atoms with Gasteiger partial charge in [-0.15, -0.1) is 0 Å². The highest BCUT2D eigenvalue weighted by atomic mass is 15.3. The molecule has 1 saturated heterocycles. The van der Waals surface area contributed by atoms with Crippen molar-refractivity contribution < 1.29 is 0 Å². The fourth-order valence-corrected chi connectivity index (χ4v) is 5.73. The lowest BCUT2D eigenvalue weighted by atomic mass is 9.45. The quantitative estimate of drug-likeness (QED) is 0.397. The summed E-state index contributed by atoms with van der Waals surface area (Å²) in [5.41, 5.74) is 11.2. The lowest BCUT2D eigenvalue weighted by Crippen LogP contribution is -2.42. The monoisotopic (exact) mass is 485 g/mol. The third-order valence-electron chi connectivity index (χ3n) is 7.94. The lowest BCUT2D eigenvalue weighted by molar-refractivity contribution is 0.127. The maximum atomic E-state index is 9.93. The van der Waals surface area contributed by atoms with Crippen molar-refractivity contribution >= 4 is 23.4 Å². The van der Waals surface area contributed by atoms with Crippen molar-refractivity contribution in [3.8, 4) is 34.6 Å². The van der Waals surface area contributed by atoms with Gasteiger partial charge in [0.25, 0.3) is 6.71 Å². The van der Waals surface area contributed by atoms with Crippen molar-refractivity contribution in [1.29, 1.82) is 10.5 Å². The predicted molar refractivity (Wildman–Crippen MR) is 147 cm³/mol. The van der Waals surface area contributed by atoms with Crippen LogP contribution in [0.2, 0.25) is 12.6 Å². The number of hydrogen-bond acceptors (Lipinski definition) is 6. The van der Waals surface area contributed by atoms with Gasteiger partial charge in [0.2, 0.25) is 0 Å². The molecule has 2 aromatic heterocycles. The van der Waals surface area contributed by atoms with Crippen LogP contribution in [0.25, 0.3) is 33.4 Å². The predicted octanol–water partition coefficient (Wildman–Crippen LogP) is 5.04. The maximum Gasteiger partial charge on any atom is 0.270 e. The minimum Gasteiger partial charge on any atom is -0.383 e. The van der Waals surface area contributed by atoms with Crippen LogP contribution >= 0.6 is 0 Å². The van der Waals surface area contributed by atoms with E-state index in [1.165, 1.54) is 0 Å². The number of fused-ring (bicyclic) bond motifs is 1. The second kappa shape index (κ2) is 9.73. The van der Waals surface area contributed by atoms with Crippen LogP contribution in [0.4, 0.5) is 5.82 Å². The first-order valence-corrected chi connectivity index (χ1v) is 13.0. The van der Waals surface area contributed by atoms with Crippen LogP contribution in [0.5, 0.6) is 0 Å². The molecule has 2 aromatic carbocycles. The number of rotatable bonds is 5. The number of nitriles is 2. The summed E-state index contributed by atoms with van der Waals surface area (Å²) < 4.78 is 1.87. The summed E-state index contributed by atoms with van der Waals surface area (Å²) in [6, 6.07) is 22.7. The van der Waals surface area contributed by atoms with E-state index in [2.05, 4.69) is 23.0 Å². The molecule has 0 bridgehead atoms. The van der Waals surface area contributed by atoms with Crippen LogP contribution in [0.3, 0.4) is 0 Å². The fraction of sp³-hybridized carbons (Fsp3) is 0.310. The van der Waals surface area contributed by atoms with Gasteiger partial charge in [-0.1, -0.05) is 48.5 Å². The van der Waals surface area contributed by atoms with Gasteiger partial charge < -0.3 is 10.6 Å². The Morgan fingerprint density at radius 1 is 0.973 bits per heavy atom. The molecule has 37 heavy (non-hydrogen) atoms. The van der Waals surface area contributed by atoms with E-state index < -0.39 is 0 Å². The van der Waals surface area contributed by atoms with Gasteiger partial charge in [-0.3, -0.25) is 0 Å². The van der Waals surface area contributed by atoms with Gasteiger partial charge in [-0.05, 0) is 56.6 Å². The van der Waals surface area contributed by atoms with E-state index in [0.29, 0.717) is 23.0 Å². The molecule has 2 N–H and O–H groups in total. The highest BCUT2D eigenvalue weighted by Crippen LogP contribution is 2.41. The van der Waals surface area contributed by atoms with Crippen LogP contribution in [0, 0.1) is 28.5 Å². The molecule has 1 saturated carbocycles. The summed E-state index contributed by atoms with van der Waals surface area (Å²) in [6.07, 6.45) is 3.96. The molecule has 0 spiro atoms. The second-order valence-electron chi connectivity index (χ2n) is 10.3. The molecular formula is C29H28BN7. The molecule has 182 valence electrons. The molecule has 6 rings (SSSR count). The van der Waals surface area contributed by atoms with E-state index in [0.717, 1.165) is 72.8 Å². The molecule has 0 amide bonds. The highest BCUT2D eigenvalue weighted by molar-refractivity contribution is 6.67. The van der Waals surface area contributed by atoms with Gasteiger partial charge in [-0.25, -0.2) is 14.9 Å². The minimum atomic E-state index is 0.214. The van der Waals surface area contributed by atoms with Crippen molar-refractivity contribution in [2.45, 2.75) is 31.5 Å². The first kappa shape index (κ1) is 23.3. The lowest BCUT2D eigenvalue weighted by Gasteiger charge is -2.40. The fourth-order valence-electron chi connectivity index (χ4n) is 5.73. The van der Waals surface area contributed by atoms with Gasteiger partial charge in [-0.2, -0.15) is 10.4 Å². The zero-order valence-electron chi connectivity index (χ0n) is 20.7. The van der Waals surface area contributed by atoms with E-state index in [-0.39, 0.29) is 12.8 Å². The average Bonchev–Trinajstić information content (AvgIpc) is 3.26. The number of aromatic nitrogens is 3. The Hall–Kier alpha value is -4.14. The van der Waals surface area contributed by atoms with Gasteiger partial charge >= 0.3 is 0 Å². The Morgan fingerprint density at radius 3 is 2.46 bits per heavy atom. The summed E-state index contributed by atoms with van der Waals surface area (Å²) in [7, 11) is 0. The average molecular weight is 485 g/mol. The maximum absolute atomic E-state index is 9.93. The number of benzene rings is 2. The number of hydrogen-bond donors (Lipinski definition) is 1. The van der Waals surface area contributed by atoms with Crippen LogP contribution in [-0.2, 0) is 0 Å². The van der Waals surface area contributed by atoms with E-state index >= 15 is 0 Å². The minimum absolute atomic E-state index is 0.214. The van der Waals surface area contributed by atoms with Crippen molar-refractivity contribution in [2.75, 3.05) is 25.4 Å². The van der Waals surface area contributed by atoms with Gasteiger partial charge in [0.1, 0.15) is 23.1 Å². The van der Waals surface area contributed by atoms with Crippen LogP contribution < -0.4 is 5.73 Å². The molecule has 2 aliphatic rings. The summed E-state index contributed by atoms with van der Waals surface area (Å²) in [5.74, 6) is 3.45. The number of nitrogens with two attached hydrogens (primary N) is 1. The molecule has 8 heteroatoms. The first-order chi connectivity index (χ1) is 18.1. The number of nitrogens with zero attached hydrogens (tertiary/aromatic N) is 6. The number of pyridine rings is 1. The van der Waals surface area contributed by atoms with Crippen LogP contribution in [0.1, 0.15) is 24.4 Å². The highest BCUT2D eigenvalue weighted by Gasteiger charge is 2.35. The van der Waals surface area contributed by atoms with E-state index in [1.807, 2.05) is 59.3 Å². The SMILES string of the molecule is N#CB1CCN(CC2CC(n3nc(-c4ccc5ccc(-c6ccccc6)nc5c4)c(C#N)c3N)C2)CC1. The van der Waals surface area contributed by atoms with E-state index in [9.17, 15) is 5.26 Å². The molecule has 7 nitrogen and oxygen atoms in total. The normalized spacial score (nSPS) is 19.8. The van der Waals surface area contributed by atoms with Crippen molar-refractivity contribution in [2.24, 2.45) is 5.92 Å². The second-order valence-corrected chi connectivity index (χ2v) is 10.3. The smallest absolute Gasteiger partial charge is 0.270 e. The molecular weight excluding hydrogens is 457 g/mol. The van der Waals surface area contributed by atoms with Gasteiger partial charge in [0.05, 0.1) is 17.3 Å². The Bertz CT molecular complexity index is 1520. The summed E-state index contributed by atoms with van der Waals surface area (Å²) in [6.45, 7) is 3.29. The van der Waals surface area contributed by atoms with Crippen LogP contribution in [0.15, 0.2) is 60.7 Å². The molecule has 0 atom stereocenters. The largest absolute Gasteiger partial charge is 0.383 e. The Labute approximate surface area is 217 Å². The van der Waals surface area contributed by atoms with E-state index in [1.54, 1.807) is 0 Å². The Kier molecular flexibility index (Phi) is 6.12. The van der Waals surface area contributed by atoms with Gasteiger partial charge in [0, 0.05) is 29.0 Å². The topological polar surface area (TPSA) is 108 Å². The third kappa shape index (κ3) is 4.46. The molecule has 0 unspecified atom stereocenters. The molecule has 2 fully saturated rings. The molecule has 3 heterocycles. The van der Waals surface area contributed by atoms with Crippen molar-refractivity contribution in [3.63, 3.8) is 0 Å². The molecule has 0 radical (unpaired) electrons. The number of anilines is 1. The molecule has 4 aromatic rings. The Morgan fingerprint density at radius 2 is 1.73 bits per heavy atom. The van der Waals surface area contributed by atoms with E-state index in [4.69, 9.17) is 21.1 Å². The van der Waals surface area contributed by atoms with Crippen molar-refractivity contribution in [1.82, 2.24) is 19.7 Å².